The molecule has 20 heavy (non-hydrogen) atoms. The van der Waals surface area contributed by atoms with E-state index in [-0.39, 0.29) is 24.2 Å². The zero-order chi connectivity index (χ0) is 14.0. The summed E-state index contributed by atoms with van der Waals surface area (Å²) in [7, 11) is 0. The summed E-state index contributed by atoms with van der Waals surface area (Å²) < 4.78 is 0. The monoisotopic (exact) mass is 317 g/mol. The van der Waals surface area contributed by atoms with E-state index in [1.807, 2.05) is 12.1 Å². The van der Waals surface area contributed by atoms with Crippen molar-refractivity contribution in [2.45, 2.75) is 25.4 Å². The van der Waals surface area contributed by atoms with Crippen molar-refractivity contribution in [3.8, 4) is 0 Å². The normalized spacial score (nSPS) is 19.4. The molecule has 110 valence electrons. The molecule has 3 N–H and O–H groups in total. The van der Waals surface area contributed by atoms with E-state index in [4.69, 9.17) is 17.3 Å². The number of carbonyl (C=O) groups excluding carboxylic acids is 2. The Morgan fingerprint density at radius 3 is 2.75 bits per heavy atom. The van der Waals surface area contributed by atoms with Crippen LogP contribution in [0.2, 0.25) is 5.02 Å². The van der Waals surface area contributed by atoms with Crippen LogP contribution < -0.4 is 16.0 Å². The summed E-state index contributed by atoms with van der Waals surface area (Å²) in [5, 5.41) is 3.17. The lowest BCUT2D eigenvalue weighted by Crippen LogP contribution is -2.47. The number of hydrogen-bond acceptors (Lipinski definition) is 3. The smallest absolute Gasteiger partial charge is 0.249 e. The summed E-state index contributed by atoms with van der Waals surface area (Å²) in [5.41, 5.74) is 6.14. The van der Waals surface area contributed by atoms with Gasteiger partial charge >= 0.3 is 0 Å². The van der Waals surface area contributed by atoms with Crippen molar-refractivity contribution < 1.29 is 9.59 Å². The number of nitrogens with zero attached hydrogens (tertiary/aromatic N) is 1. The first-order valence-electron chi connectivity index (χ1n) is 6.12. The number of carbonyl (C=O) groups is 2. The topological polar surface area (TPSA) is 75.4 Å². The zero-order valence-corrected chi connectivity index (χ0v) is 12.6. The van der Waals surface area contributed by atoms with Crippen molar-refractivity contribution in [3.63, 3.8) is 0 Å². The van der Waals surface area contributed by atoms with E-state index in [1.54, 1.807) is 24.0 Å². The molecule has 1 fully saturated rings. The predicted molar refractivity (Wildman–Crippen MR) is 81.3 cm³/mol. The Hall–Kier alpha value is -1.30. The molecule has 1 saturated heterocycles. The standard InChI is InChI=1S/C13H16ClN3O2.ClH/c1-8(15)12(18)16-10-6-7-17(13(10)19)11-5-3-2-4-9(11)14;/h2-5,8,10H,6-7,15H2,1H3,(H,16,18);1H/t8-,10?;/m0./s1. The Morgan fingerprint density at radius 2 is 2.15 bits per heavy atom. The SMILES string of the molecule is C[C@H](N)C(=O)NC1CCN(c2ccccc2Cl)C1=O.Cl. The van der Waals surface area contributed by atoms with Gasteiger partial charge in [0.15, 0.2) is 0 Å². The molecule has 2 amide bonds. The van der Waals surface area contributed by atoms with Crippen LogP contribution in [0.3, 0.4) is 0 Å². The average Bonchev–Trinajstić information content (AvgIpc) is 2.72. The first-order chi connectivity index (χ1) is 9.00. The molecule has 1 unspecified atom stereocenters. The molecular weight excluding hydrogens is 301 g/mol. The van der Waals surface area contributed by atoms with E-state index < -0.39 is 12.1 Å². The van der Waals surface area contributed by atoms with Crippen LogP contribution in [-0.2, 0) is 9.59 Å². The Kier molecular flexibility index (Phi) is 5.80. The molecule has 0 radical (unpaired) electrons. The number of anilines is 1. The number of para-hydroxylation sites is 1. The molecule has 1 heterocycles. The number of rotatable bonds is 3. The van der Waals surface area contributed by atoms with Crippen molar-refractivity contribution in [3.05, 3.63) is 29.3 Å². The van der Waals surface area contributed by atoms with E-state index >= 15 is 0 Å². The summed E-state index contributed by atoms with van der Waals surface area (Å²) >= 11 is 6.07. The van der Waals surface area contributed by atoms with Gasteiger partial charge in [0.1, 0.15) is 6.04 Å². The van der Waals surface area contributed by atoms with Gasteiger partial charge in [-0.25, -0.2) is 0 Å². The number of halogens is 2. The second-order valence-corrected chi connectivity index (χ2v) is 4.99. The average molecular weight is 318 g/mol. The number of nitrogens with one attached hydrogen (secondary N) is 1. The van der Waals surface area contributed by atoms with Crippen LogP contribution in [0, 0.1) is 0 Å². The summed E-state index contributed by atoms with van der Waals surface area (Å²) in [6.45, 7) is 2.12. The Bertz CT molecular complexity index is 508. The Balaban J connectivity index is 0.00000200. The van der Waals surface area contributed by atoms with Crippen molar-refractivity contribution >= 4 is 41.5 Å². The third kappa shape index (κ3) is 3.42. The zero-order valence-electron chi connectivity index (χ0n) is 11.0. The fourth-order valence-electron chi connectivity index (χ4n) is 2.03. The second kappa shape index (κ2) is 6.92. The molecule has 0 aliphatic carbocycles. The van der Waals surface area contributed by atoms with Gasteiger partial charge in [-0.15, -0.1) is 12.4 Å². The van der Waals surface area contributed by atoms with Crippen LogP contribution in [0.1, 0.15) is 13.3 Å². The molecule has 1 aromatic carbocycles. The van der Waals surface area contributed by atoms with Gasteiger partial charge in [-0.2, -0.15) is 0 Å². The highest BCUT2D eigenvalue weighted by molar-refractivity contribution is 6.34. The lowest BCUT2D eigenvalue weighted by molar-refractivity contribution is -0.127. The number of hydrogen-bond donors (Lipinski definition) is 2. The van der Waals surface area contributed by atoms with Crippen LogP contribution in [0.4, 0.5) is 5.69 Å². The first kappa shape index (κ1) is 16.8. The van der Waals surface area contributed by atoms with Crippen LogP contribution >= 0.6 is 24.0 Å². The highest BCUT2D eigenvalue weighted by atomic mass is 35.5. The van der Waals surface area contributed by atoms with Crippen LogP contribution in [0.15, 0.2) is 24.3 Å². The number of benzene rings is 1. The fraction of sp³-hybridized carbons (Fsp3) is 0.385. The number of amides is 2. The maximum atomic E-state index is 12.2. The molecule has 0 bridgehead atoms. The molecule has 1 aromatic rings. The molecule has 2 rings (SSSR count). The molecular formula is C13H17Cl2N3O2. The van der Waals surface area contributed by atoms with Crippen molar-refractivity contribution in [1.29, 1.82) is 0 Å². The van der Waals surface area contributed by atoms with E-state index in [0.29, 0.717) is 23.7 Å². The quantitative estimate of drug-likeness (QED) is 0.883. The van der Waals surface area contributed by atoms with Gasteiger partial charge < -0.3 is 16.0 Å². The van der Waals surface area contributed by atoms with Crippen LogP contribution in [-0.4, -0.2) is 30.4 Å². The Morgan fingerprint density at radius 1 is 1.50 bits per heavy atom. The van der Waals surface area contributed by atoms with Crippen molar-refractivity contribution in [2.75, 3.05) is 11.4 Å². The molecule has 5 nitrogen and oxygen atoms in total. The van der Waals surface area contributed by atoms with E-state index in [9.17, 15) is 9.59 Å². The van der Waals surface area contributed by atoms with Gasteiger partial charge in [-0.1, -0.05) is 23.7 Å². The maximum absolute atomic E-state index is 12.2. The molecule has 7 heteroatoms. The minimum Gasteiger partial charge on any atom is -0.343 e. The van der Waals surface area contributed by atoms with E-state index in [0.717, 1.165) is 0 Å². The molecule has 0 spiro atoms. The largest absolute Gasteiger partial charge is 0.343 e. The van der Waals surface area contributed by atoms with Gasteiger partial charge in [-0.05, 0) is 25.5 Å². The molecule has 2 atom stereocenters. The van der Waals surface area contributed by atoms with Gasteiger partial charge in [0.25, 0.3) is 0 Å². The van der Waals surface area contributed by atoms with Gasteiger partial charge in [0, 0.05) is 6.54 Å². The highest BCUT2D eigenvalue weighted by Crippen LogP contribution is 2.28. The minimum absolute atomic E-state index is 0. The predicted octanol–water partition coefficient (Wildman–Crippen LogP) is 1.33. The maximum Gasteiger partial charge on any atom is 0.249 e. The van der Waals surface area contributed by atoms with Gasteiger partial charge in [0.2, 0.25) is 11.8 Å². The molecule has 1 aliphatic heterocycles. The second-order valence-electron chi connectivity index (χ2n) is 4.58. The summed E-state index contributed by atoms with van der Waals surface area (Å²) in [6.07, 6.45) is 0.558. The van der Waals surface area contributed by atoms with E-state index in [2.05, 4.69) is 5.32 Å². The number of nitrogens with two attached hydrogens (primary N) is 1. The third-order valence-corrected chi connectivity index (χ3v) is 3.40. The molecule has 1 aliphatic rings. The fourth-order valence-corrected chi connectivity index (χ4v) is 2.26. The van der Waals surface area contributed by atoms with Crippen LogP contribution in [0.5, 0.6) is 0 Å². The van der Waals surface area contributed by atoms with Gasteiger partial charge in [-0.3, -0.25) is 9.59 Å². The lowest BCUT2D eigenvalue weighted by atomic mass is 10.2. The molecule has 0 aromatic heterocycles. The van der Waals surface area contributed by atoms with Gasteiger partial charge in [0.05, 0.1) is 16.8 Å². The summed E-state index contributed by atoms with van der Waals surface area (Å²) in [4.78, 5) is 25.3. The van der Waals surface area contributed by atoms with Crippen molar-refractivity contribution in [1.82, 2.24) is 5.32 Å². The third-order valence-electron chi connectivity index (χ3n) is 3.08. The summed E-state index contributed by atoms with van der Waals surface area (Å²) in [5.74, 6) is -0.471. The Labute approximate surface area is 128 Å². The lowest BCUT2D eigenvalue weighted by Gasteiger charge is -2.18. The van der Waals surface area contributed by atoms with E-state index in [1.165, 1.54) is 0 Å². The van der Waals surface area contributed by atoms with Crippen molar-refractivity contribution in [2.24, 2.45) is 5.73 Å². The van der Waals surface area contributed by atoms with Crippen LogP contribution in [0.25, 0.3) is 0 Å². The first-order valence-corrected chi connectivity index (χ1v) is 6.50. The molecule has 0 saturated carbocycles. The minimum atomic E-state index is -0.623. The highest BCUT2D eigenvalue weighted by Gasteiger charge is 2.34. The summed E-state index contributed by atoms with van der Waals surface area (Å²) in [6, 6.07) is 6.01.